The Morgan fingerprint density at radius 2 is 1.16 bits per heavy atom. The number of aromatic nitrogens is 2. The molecule has 1 saturated heterocycles. The Hall–Kier alpha value is -7.22. The number of aromatic amines is 2. The van der Waals surface area contributed by atoms with Crippen molar-refractivity contribution in [1.29, 1.82) is 0 Å². The van der Waals surface area contributed by atoms with E-state index in [2.05, 4.69) is 78.8 Å². The zero-order valence-corrected chi connectivity index (χ0v) is 44.3. The Labute approximate surface area is 456 Å². The number of nitrogens with zero attached hydrogens (tertiary/aromatic N) is 2. The molecule has 2 atom stereocenters. The molecule has 2 amide bonds. The van der Waals surface area contributed by atoms with Gasteiger partial charge in [-0.1, -0.05) is 59.6 Å². The van der Waals surface area contributed by atoms with Crippen LogP contribution in [-0.4, -0.2) is 115 Å². The number of nitrogens with two attached hydrogens (primary N) is 1. The Morgan fingerprint density at radius 3 is 1.64 bits per heavy atom. The van der Waals surface area contributed by atoms with E-state index in [-0.39, 0.29) is 25.0 Å². The van der Waals surface area contributed by atoms with Gasteiger partial charge in [0.15, 0.2) is 0 Å². The Morgan fingerprint density at radius 1 is 0.662 bits per heavy atom. The summed E-state index contributed by atoms with van der Waals surface area (Å²) in [6.07, 6.45) is 3.28. The zero-order chi connectivity index (χ0) is 53.9. The number of para-hydroxylation sites is 2. The molecule has 0 aliphatic carbocycles. The van der Waals surface area contributed by atoms with Gasteiger partial charge in [-0.25, -0.2) is 10.9 Å². The number of benzene rings is 6. The molecule has 3 aliphatic rings. The number of ether oxygens (including phenoxy) is 5. The SMILES string of the molecule is CCO.NCCCOc1ccc(C2=NNC(=O)CC2)cc1Cl.O=C1CCC(c2ccc(OCCCNC[C@H](O)COc3ccc4c(c3)[nH]c3ccccc34)c(Cl)c2)=NN1.c1ccc2c(c1)[nH]c1cc(OCC3CO3)ccc12. The van der Waals surface area contributed by atoms with Crippen LogP contribution in [0.4, 0.5) is 0 Å². The van der Waals surface area contributed by atoms with Gasteiger partial charge in [-0.05, 0) is 117 Å². The maximum Gasteiger partial charge on any atom is 0.240 e. The predicted molar refractivity (Wildman–Crippen MR) is 304 cm³/mol. The van der Waals surface area contributed by atoms with E-state index in [4.69, 9.17) is 57.7 Å². The number of hydrogen-bond acceptors (Lipinski definition) is 13. The van der Waals surface area contributed by atoms with Crippen molar-refractivity contribution in [2.45, 2.75) is 57.7 Å². The van der Waals surface area contributed by atoms with Crippen LogP contribution in [0.1, 0.15) is 56.6 Å². The van der Waals surface area contributed by atoms with E-state index in [0.717, 1.165) is 81.0 Å². The number of carbonyl (C=O) groups is 2. The predicted octanol–water partition coefficient (Wildman–Crippen LogP) is 9.17. The second-order valence-corrected chi connectivity index (χ2v) is 19.0. The van der Waals surface area contributed by atoms with E-state index in [1.54, 1.807) is 19.1 Å². The summed E-state index contributed by atoms with van der Waals surface area (Å²) in [5.41, 5.74) is 18.1. The Balaban J connectivity index is 0.000000164. The lowest BCUT2D eigenvalue weighted by atomic mass is 10.0. The van der Waals surface area contributed by atoms with Crippen LogP contribution in [0.25, 0.3) is 43.6 Å². The highest BCUT2D eigenvalue weighted by atomic mass is 35.5. The van der Waals surface area contributed by atoms with E-state index in [1.807, 2.05) is 66.7 Å². The monoisotopic (exact) mass is 1090 g/mol. The summed E-state index contributed by atoms with van der Waals surface area (Å²) in [6, 6.07) is 39.6. The summed E-state index contributed by atoms with van der Waals surface area (Å²) in [6.45, 7) is 6.33. The summed E-state index contributed by atoms with van der Waals surface area (Å²) in [7, 11) is 0. The van der Waals surface area contributed by atoms with Gasteiger partial charge in [0.05, 0.1) is 52.3 Å². The number of H-pyrrole nitrogens is 2. The first-order chi connectivity index (χ1) is 37.6. The number of aliphatic hydroxyl groups excluding tert-OH is 2. The molecule has 77 heavy (non-hydrogen) atoms. The molecule has 9 N–H and O–H groups in total. The molecule has 0 spiro atoms. The van der Waals surface area contributed by atoms with Crippen LogP contribution in [0.5, 0.6) is 23.0 Å². The molecule has 404 valence electrons. The first-order valence-electron chi connectivity index (χ1n) is 25.7. The van der Waals surface area contributed by atoms with Crippen molar-refractivity contribution in [1.82, 2.24) is 26.1 Å². The number of hydrogen-bond donors (Lipinski definition) is 8. The first-order valence-corrected chi connectivity index (χ1v) is 26.5. The molecule has 0 radical (unpaired) electrons. The molecule has 5 heterocycles. The summed E-state index contributed by atoms with van der Waals surface area (Å²) < 4.78 is 27.9. The number of carbonyl (C=O) groups excluding carboxylic acids is 2. The molecule has 0 bridgehead atoms. The average molecular weight is 1090 g/mol. The van der Waals surface area contributed by atoms with Crippen molar-refractivity contribution in [3.8, 4) is 23.0 Å². The van der Waals surface area contributed by atoms with E-state index in [0.29, 0.717) is 92.8 Å². The fourth-order valence-electron chi connectivity index (χ4n) is 8.32. The maximum absolute atomic E-state index is 11.3. The third kappa shape index (κ3) is 16.2. The van der Waals surface area contributed by atoms with Crippen molar-refractivity contribution in [2.75, 3.05) is 59.3 Å². The summed E-state index contributed by atoms with van der Waals surface area (Å²) in [4.78, 5) is 29.1. The number of rotatable bonds is 19. The highest BCUT2D eigenvalue weighted by Gasteiger charge is 2.23. The number of epoxide rings is 1. The third-order valence-corrected chi connectivity index (χ3v) is 12.9. The fourth-order valence-corrected chi connectivity index (χ4v) is 8.80. The van der Waals surface area contributed by atoms with Crippen molar-refractivity contribution < 1.29 is 43.5 Å². The molecule has 1 unspecified atom stereocenters. The number of nitrogens with one attached hydrogen (secondary N) is 5. The van der Waals surface area contributed by atoms with Crippen molar-refractivity contribution in [3.05, 3.63) is 142 Å². The molecule has 8 aromatic rings. The molecule has 19 heteroatoms. The minimum atomic E-state index is -0.631. The second kappa shape index (κ2) is 28.2. The lowest BCUT2D eigenvalue weighted by Gasteiger charge is -2.15. The molecule has 0 saturated carbocycles. The van der Waals surface area contributed by atoms with Gasteiger partial charge in [0, 0.05) is 83.5 Å². The Bertz CT molecular complexity index is 3320. The van der Waals surface area contributed by atoms with Crippen LogP contribution >= 0.6 is 23.2 Å². The van der Waals surface area contributed by atoms with Crippen LogP contribution < -0.4 is 40.8 Å². The van der Waals surface area contributed by atoms with E-state index in [9.17, 15) is 14.7 Å². The van der Waals surface area contributed by atoms with Gasteiger partial charge >= 0.3 is 0 Å². The van der Waals surface area contributed by atoms with Crippen molar-refractivity contribution >= 4 is 90.1 Å². The van der Waals surface area contributed by atoms with E-state index >= 15 is 0 Å². The summed E-state index contributed by atoms with van der Waals surface area (Å²) >= 11 is 12.5. The first kappa shape index (κ1) is 56.0. The number of halogens is 2. The smallest absolute Gasteiger partial charge is 0.240 e. The standard InChI is InChI=1S/C28H29ClN4O4.C15H13NO2.C13H16ClN3O2.C2H6O/c29-23-14-18(24-9-11-28(35)33-32-24)6-10-27(23)36-13-3-12-30-16-19(34)17-37-20-7-8-22-21-4-1-2-5-25(21)31-26(22)15-20;1-2-4-14-12(3-1)13-6-5-10(7-15(13)16-14)17-8-11-9-18-11;14-10-8-9(11-3-5-13(18)17-16-11)2-4-12(10)19-7-1-6-15;1-2-3/h1-2,4-8,10,14-15,19,30-31,34H,3,9,11-13,16-17H2,(H,33,35);1-7,11,16H,8-9H2;2,4,8H,1,3,5-7,15H2,(H,17,18);3H,2H2,1H3/t19-;;;/m0.../s1. The molecule has 1 fully saturated rings. The van der Waals surface area contributed by atoms with Gasteiger partial charge in [0.25, 0.3) is 0 Å². The minimum absolute atomic E-state index is 0.0587. The Kier molecular flexibility index (Phi) is 20.5. The van der Waals surface area contributed by atoms with Gasteiger partial charge < -0.3 is 54.9 Å². The van der Waals surface area contributed by atoms with Crippen molar-refractivity contribution in [3.63, 3.8) is 0 Å². The lowest BCUT2D eigenvalue weighted by molar-refractivity contribution is -0.122. The highest BCUT2D eigenvalue weighted by Crippen LogP contribution is 2.31. The van der Waals surface area contributed by atoms with Gasteiger partial charge in [-0.15, -0.1) is 0 Å². The molecular weight excluding hydrogens is 1020 g/mol. The van der Waals surface area contributed by atoms with Gasteiger partial charge in [-0.2, -0.15) is 10.2 Å². The summed E-state index contributed by atoms with van der Waals surface area (Å²) in [5.74, 6) is 2.72. The van der Waals surface area contributed by atoms with Crippen LogP contribution in [0.15, 0.2) is 132 Å². The maximum atomic E-state index is 11.3. The van der Waals surface area contributed by atoms with Gasteiger partial charge in [0.1, 0.15) is 48.4 Å². The molecule has 11 rings (SSSR count). The number of amides is 2. The summed E-state index contributed by atoms with van der Waals surface area (Å²) in [5, 5.41) is 35.1. The quantitative estimate of drug-likeness (QED) is 0.0280. The zero-order valence-electron chi connectivity index (χ0n) is 42.8. The normalized spacial score (nSPS) is 15.1. The molecule has 6 aromatic carbocycles. The molecular formula is C58H64Cl2N8O9. The van der Waals surface area contributed by atoms with Crippen LogP contribution in [0, 0.1) is 0 Å². The topological polar surface area (TPSA) is 242 Å². The number of fused-ring (bicyclic) bond motifs is 6. The number of aliphatic hydroxyl groups is 2. The molecule has 2 aromatic heterocycles. The number of hydrazone groups is 2. The van der Waals surface area contributed by atoms with Crippen LogP contribution in [0.2, 0.25) is 10.0 Å². The molecule has 3 aliphatic heterocycles. The largest absolute Gasteiger partial charge is 0.492 e. The average Bonchev–Trinajstić information content (AvgIpc) is 4.14. The lowest BCUT2D eigenvalue weighted by Crippen LogP contribution is -2.32. The fraction of sp³-hybridized carbons (Fsp3) is 0.310. The van der Waals surface area contributed by atoms with Crippen LogP contribution in [-0.2, 0) is 14.3 Å². The highest BCUT2D eigenvalue weighted by molar-refractivity contribution is 6.33. The third-order valence-electron chi connectivity index (χ3n) is 12.3. The van der Waals surface area contributed by atoms with E-state index < -0.39 is 6.10 Å². The van der Waals surface area contributed by atoms with Gasteiger partial charge in [-0.3, -0.25) is 9.59 Å². The molecule has 17 nitrogen and oxygen atoms in total. The van der Waals surface area contributed by atoms with Gasteiger partial charge in [0.2, 0.25) is 11.8 Å². The second-order valence-electron chi connectivity index (χ2n) is 18.2. The minimum Gasteiger partial charge on any atom is -0.492 e. The van der Waals surface area contributed by atoms with Crippen molar-refractivity contribution in [2.24, 2.45) is 15.9 Å². The van der Waals surface area contributed by atoms with Crippen LogP contribution in [0.3, 0.4) is 0 Å². The van der Waals surface area contributed by atoms with E-state index in [1.165, 1.54) is 16.2 Å².